The van der Waals surface area contributed by atoms with Gasteiger partial charge in [-0.2, -0.15) is 0 Å². The van der Waals surface area contributed by atoms with Crippen LogP contribution in [0.25, 0.3) is 0 Å². The monoisotopic (exact) mass is 264 g/mol. The van der Waals surface area contributed by atoms with E-state index in [9.17, 15) is 9.59 Å². The zero-order chi connectivity index (χ0) is 12.7. The molecule has 0 aliphatic heterocycles. The molecule has 6 heteroatoms. The molecule has 2 atom stereocenters. The van der Waals surface area contributed by atoms with Gasteiger partial charge in [-0.1, -0.05) is 11.6 Å². The molecule has 0 bridgehead atoms. The van der Waals surface area contributed by atoms with Crippen molar-refractivity contribution in [2.75, 3.05) is 0 Å². The minimum atomic E-state index is -1.28. The minimum absolute atomic E-state index is 0.0875. The first-order valence-corrected chi connectivity index (χ1v) is 5.19. The first kappa shape index (κ1) is 13.1. The smallest absolute Gasteiger partial charge is 0.337 e. The number of allylic oxidation sites excluding steroid dienone is 1. The molecule has 0 spiro atoms. The van der Waals surface area contributed by atoms with Crippen LogP contribution < -0.4 is 0 Å². The summed E-state index contributed by atoms with van der Waals surface area (Å²) in [5, 5.41) is 17.8. The predicted octanol–water partition coefficient (Wildman–Crippen LogP) is 2.22. The fourth-order valence-corrected chi connectivity index (χ4v) is 2.21. The van der Waals surface area contributed by atoms with Gasteiger partial charge in [0.1, 0.15) is 0 Å². The van der Waals surface area contributed by atoms with E-state index in [0.717, 1.165) is 6.08 Å². The van der Waals surface area contributed by atoms with Gasteiger partial charge in [-0.15, -0.1) is 11.6 Å². The van der Waals surface area contributed by atoms with Crippen LogP contribution >= 0.6 is 23.2 Å². The SMILES string of the molecule is CC1=C(C(=O)O)C(Cl)=CC(C(=O)O)C1(C)Cl. The Hall–Kier alpha value is -1.00. The third-order valence-corrected chi connectivity index (χ3v) is 3.56. The summed E-state index contributed by atoms with van der Waals surface area (Å²) in [7, 11) is 0. The predicted molar refractivity (Wildman–Crippen MR) is 59.7 cm³/mol. The quantitative estimate of drug-likeness (QED) is 0.751. The Bertz CT molecular complexity index is 421. The fourth-order valence-electron chi connectivity index (χ4n) is 1.61. The van der Waals surface area contributed by atoms with E-state index in [1.807, 2.05) is 0 Å². The number of hydrogen-bond acceptors (Lipinski definition) is 2. The van der Waals surface area contributed by atoms with E-state index in [1.165, 1.54) is 13.8 Å². The molecule has 4 nitrogen and oxygen atoms in total. The summed E-state index contributed by atoms with van der Waals surface area (Å²) in [5.74, 6) is -3.39. The van der Waals surface area contributed by atoms with Crippen LogP contribution in [0.3, 0.4) is 0 Å². The lowest BCUT2D eigenvalue weighted by Crippen LogP contribution is -2.38. The molecule has 0 amide bonds. The Morgan fingerprint density at radius 1 is 1.44 bits per heavy atom. The number of carboxylic acid groups (broad SMARTS) is 2. The summed E-state index contributed by atoms with van der Waals surface area (Å²) < 4.78 is 0. The van der Waals surface area contributed by atoms with Crippen molar-refractivity contribution >= 4 is 35.1 Å². The van der Waals surface area contributed by atoms with Gasteiger partial charge in [0.15, 0.2) is 0 Å². The number of carboxylic acids is 2. The maximum absolute atomic E-state index is 11.0. The highest BCUT2D eigenvalue weighted by molar-refractivity contribution is 6.37. The Morgan fingerprint density at radius 3 is 2.31 bits per heavy atom. The molecule has 0 heterocycles. The highest BCUT2D eigenvalue weighted by atomic mass is 35.5. The minimum Gasteiger partial charge on any atom is -0.481 e. The van der Waals surface area contributed by atoms with Crippen LogP contribution in [-0.2, 0) is 9.59 Å². The number of carbonyl (C=O) groups is 2. The summed E-state index contributed by atoms with van der Waals surface area (Å²) in [6.07, 6.45) is 1.16. The van der Waals surface area contributed by atoms with Crippen molar-refractivity contribution in [1.29, 1.82) is 0 Å². The van der Waals surface area contributed by atoms with Crippen LogP contribution in [0.15, 0.2) is 22.3 Å². The van der Waals surface area contributed by atoms with Crippen molar-refractivity contribution in [1.82, 2.24) is 0 Å². The second kappa shape index (κ2) is 4.11. The van der Waals surface area contributed by atoms with E-state index in [-0.39, 0.29) is 16.2 Å². The zero-order valence-corrected chi connectivity index (χ0v) is 10.1. The Balaban J connectivity index is 3.39. The number of aliphatic carboxylic acids is 2. The molecule has 2 unspecified atom stereocenters. The van der Waals surface area contributed by atoms with Gasteiger partial charge in [0, 0.05) is 0 Å². The Kier molecular flexibility index (Phi) is 3.35. The zero-order valence-electron chi connectivity index (χ0n) is 8.62. The lowest BCUT2D eigenvalue weighted by molar-refractivity contribution is -0.141. The lowest BCUT2D eigenvalue weighted by atomic mass is 9.80. The van der Waals surface area contributed by atoms with E-state index in [4.69, 9.17) is 33.4 Å². The molecule has 1 aliphatic rings. The highest BCUT2D eigenvalue weighted by Crippen LogP contribution is 2.43. The van der Waals surface area contributed by atoms with E-state index in [2.05, 4.69) is 0 Å². The van der Waals surface area contributed by atoms with Crippen LogP contribution in [0.4, 0.5) is 0 Å². The van der Waals surface area contributed by atoms with E-state index >= 15 is 0 Å². The average molecular weight is 265 g/mol. The highest BCUT2D eigenvalue weighted by Gasteiger charge is 2.43. The van der Waals surface area contributed by atoms with E-state index < -0.39 is 22.7 Å². The van der Waals surface area contributed by atoms with Crippen molar-refractivity contribution in [2.45, 2.75) is 18.7 Å². The van der Waals surface area contributed by atoms with Crippen molar-refractivity contribution in [2.24, 2.45) is 5.92 Å². The molecule has 1 rings (SSSR count). The van der Waals surface area contributed by atoms with Crippen molar-refractivity contribution in [3.8, 4) is 0 Å². The molecule has 0 saturated carbocycles. The fraction of sp³-hybridized carbons (Fsp3) is 0.400. The van der Waals surface area contributed by atoms with Crippen molar-refractivity contribution in [3.05, 3.63) is 22.3 Å². The summed E-state index contributed by atoms with van der Waals surface area (Å²) in [6.45, 7) is 2.94. The van der Waals surface area contributed by atoms with Crippen LogP contribution in [0, 0.1) is 5.92 Å². The first-order chi connectivity index (χ1) is 7.19. The third-order valence-electron chi connectivity index (χ3n) is 2.72. The van der Waals surface area contributed by atoms with Crippen LogP contribution in [-0.4, -0.2) is 27.0 Å². The molecule has 0 fully saturated rings. The lowest BCUT2D eigenvalue weighted by Gasteiger charge is -2.33. The van der Waals surface area contributed by atoms with Gasteiger partial charge in [-0.3, -0.25) is 4.79 Å². The second-order valence-electron chi connectivity index (χ2n) is 3.71. The van der Waals surface area contributed by atoms with Crippen molar-refractivity contribution in [3.63, 3.8) is 0 Å². The van der Waals surface area contributed by atoms with E-state index in [1.54, 1.807) is 0 Å². The molecule has 0 saturated heterocycles. The van der Waals surface area contributed by atoms with Gasteiger partial charge >= 0.3 is 11.9 Å². The number of hydrogen-bond donors (Lipinski definition) is 2. The van der Waals surface area contributed by atoms with Crippen LogP contribution in [0.1, 0.15) is 13.8 Å². The van der Waals surface area contributed by atoms with Gasteiger partial charge in [-0.05, 0) is 25.5 Å². The molecule has 88 valence electrons. The van der Waals surface area contributed by atoms with Gasteiger partial charge in [0.25, 0.3) is 0 Å². The molecular formula is C10H10Cl2O4. The molecular weight excluding hydrogens is 255 g/mol. The summed E-state index contributed by atoms with van der Waals surface area (Å²) in [4.78, 5) is 20.7. The Morgan fingerprint density at radius 2 is 1.94 bits per heavy atom. The first-order valence-electron chi connectivity index (χ1n) is 4.43. The average Bonchev–Trinajstić information content (AvgIpc) is 2.11. The maximum atomic E-state index is 11.0. The Labute approximate surface area is 102 Å². The summed E-state index contributed by atoms with van der Waals surface area (Å²) in [5.41, 5.74) is 0.123. The topological polar surface area (TPSA) is 74.6 Å². The van der Waals surface area contributed by atoms with Crippen molar-refractivity contribution < 1.29 is 19.8 Å². The van der Waals surface area contributed by atoms with Crippen LogP contribution in [0.5, 0.6) is 0 Å². The number of alkyl halides is 1. The molecule has 0 radical (unpaired) electrons. The third kappa shape index (κ3) is 1.95. The van der Waals surface area contributed by atoms with Gasteiger partial charge < -0.3 is 10.2 Å². The van der Waals surface area contributed by atoms with E-state index in [0.29, 0.717) is 0 Å². The molecule has 1 aliphatic carbocycles. The normalized spacial score (nSPS) is 30.0. The number of halogens is 2. The molecule has 0 aromatic rings. The number of rotatable bonds is 2. The van der Waals surface area contributed by atoms with Crippen LogP contribution in [0.2, 0.25) is 0 Å². The van der Waals surface area contributed by atoms with Gasteiger partial charge in [-0.25, -0.2) is 4.79 Å². The standard InChI is InChI=1S/C10H10Cl2O4/c1-4-7(9(15)16)6(11)3-5(8(13)14)10(4,2)12/h3,5H,1-2H3,(H,13,14)(H,15,16). The summed E-state index contributed by atoms with van der Waals surface area (Å²) >= 11 is 11.8. The second-order valence-corrected chi connectivity index (χ2v) is 4.90. The van der Waals surface area contributed by atoms with Gasteiger partial charge in [0.2, 0.25) is 0 Å². The summed E-state index contributed by atoms with van der Waals surface area (Å²) in [6, 6.07) is 0. The largest absolute Gasteiger partial charge is 0.481 e. The maximum Gasteiger partial charge on any atom is 0.337 e. The van der Waals surface area contributed by atoms with Gasteiger partial charge in [0.05, 0.1) is 21.4 Å². The molecule has 0 aromatic carbocycles. The molecule has 16 heavy (non-hydrogen) atoms. The molecule has 0 aromatic heterocycles. The molecule has 2 N–H and O–H groups in total.